The van der Waals surface area contributed by atoms with Crippen LogP contribution in [0.2, 0.25) is 5.02 Å². The van der Waals surface area contributed by atoms with Crippen LogP contribution in [0.15, 0.2) is 6.20 Å². The van der Waals surface area contributed by atoms with Gasteiger partial charge in [0.1, 0.15) is 5.69 Å². The fourth-order valence-corrected chi connectivity index (χ4v) is 1.50. The molecule has 0 aromatic carbocycles. The smallest absolute Gasteiger partial charge is 0.307 e. The number of carboxylic acid groups (broad SMARTS) is 1. The fourth-order valence-electron chi connectivity index (χ4n) is 1.15. The van der Waals surface area contributed by atoms with Crippen LogP contribution >= 0.6 is 11.6 Å². The van der Waals surface area contributed by atoms with E-state index in [4.69, 9.17) is 16.7 Å². The molecule has 15 heavy (non-hydrogen) atoms. The van der Waals surface area contributed by atoms with Crippen molar-refractivity contribution in [2.45, 2.75) is 19.8 Å². The minimum Gasteiger partial charge on any atom is -0.481 e. The number of pyridine rings is 1. The first-order valence-electron chi connectivity index (χ1n) is 4.07. The molecule has 0 aliphatic rings. The Kier molecular flexibility index (Phi) is 3.57. The molecule has 1 aromatic rings. The molecule has 1 heterocycles. The van der Waals surface area contributed by atoms with Crippen LogP contribution < -0.4 is 0 Å². The number of hydrogen-bond donors (Lipinski definition) is 1. The Labute approximate surface area is 89.7 Å². The highest BCUT2D eigenvalue weighted by molar-refractivity contribution is 6.32. The second kappa shape index (κ2) is 4.53. The molecule has 0 saturated carbocycles. The SMILES string of the molecule is Cc1cnc(C(F)F)c(Cl)c1CC(=O)O. The number of hydrogen-bond acceptors (Lipinski definition) is 2. The summed E-state index contributed by atoms with van der Waals surface area (Å²) in [5.74, 6) is -1.12. The minimum absolute atomic E-state index is 0.189. The number of alkyl halides is 2. The Balaban J connectivity index is 3.23. The van der Waals surface area contributed by atoms with Gasteiger partial charge in [0.15, 0.2) is 0 Å². The second-order valence-corrected chi connectivity index (χ2v) is 3.37. The number of halogens is 3. The van der Waals surface area contributed by atoms with Gasteiger partial charge in [-0.3, -0.25) is 9.78 Å². The maximum absolute atomic E-state index is 12.4. The van der Waals surface area contributed by atoms with Gasteiger partial charge in [-0.05, 0) is 18.1 Å². The lowest BCUT2D eigenvalue weighted by atomic mass is 10.1. The molecular formula is C9H8ClF2NO2. The Bertz CT molecular complexity index is 396. The van der Waals surface area contributed by atoms with E-state index in [0.717, 1.165) is 0 Å². The summed E-state index contributed by atoms with van der Waals surface area (Å²) in [5.41, 5.74) is 0.111. The molecular weight excluding hydrogens is 228 g/mol. The van der Waals surface area contributed by atoms with E-state index >= 15 is 0 Å². The molecule has 0 fully saturated rings. The Morgan fingerprint density at radius 1 is 1.67 bits per heavy atom. The summed E-state index contributed by atoms with van der Waals surface area (Å²) in [6, 6.07) is 0. The number of carbonyl (C=O) groups is 1. The van der Waals surface area contributed by atoms with Gasteiger partial charge in [0, 0.05) is 6.20 Å². The summed E-state index contributed by atoms with van der Waals surface area (Å²) < 4.78 is 24.8. The van der Waals surface area contributed by atoms with Gasteiger partial charge >= 0.3 is 5.97 Å². The monoisotopic (exact) mass is 235 g/mol. The third-order valence-corrected chi connectivity index (χ3v) is 2.32. The third kappa shape index (κ3) is 2.62. The van der Waals surface area contributed by atoms with Crippen molar-refractivity contribution in [1.29, 1.82) is 0 Å². The number of nitrogens with zero attached hydrogens (tertiary/aromatic N) is 1. The molecule has 1 rings (SSSR count). The van der Waals surface area contributed by atoms with E-state index in [2.05, 4.69) is 4.98 Å². The molecule has 0 amide bonds. The standard InChI is InChI=1S/C9H8ClF2NO2/c1-4-3-13-8(9(11)12)7(10)5(4)2-6(14)15/h3,9H,2H2,1H3,(H,14,15). The van der Waals surface area contributed by atoms with Gasteiger partial charge in [-0.25, -0.2) is 8.78 Å². The zero-order valence-electron chi connectivity index (χ0n) is 7.80. The lowest BCUT2D eigenvalue weighted by Gasteiger charge is -2.09. The molecule has 1 aromatic heterocycles. The maximum atomic E-state index is 12.4. The van der Waals surface area contributed by atoms with E-state index in [0.29, 0.717) is 5.56 Å². The highest BCUT2D eigenvalue weighted by Crippen LogP contribution is 2.29. The summed E-state index contributed by atoms with van der Waals surface area (Å²) in [6.07, 6.45) is -1.98. The lowest BCUT2D eigenvalue weighted by molar-refractivity contribution is -0.136. The van der Waals surface area contributed by atoms with Crippen molar-refractivity contribution in [1.82, 2.24) is 4.98 Å². The first-order valence-corrected chi connectivity index (χ1v) is 4.45. The van der Waals surface area contributed by atoms with E-state index in [-0.39, 0.29) is 17.0 Å². The highest BCUT2D eigenvalue weighted by Gasteiger charge is 2.19. The van der Waals surface area contributed by atoms with Crippen molar-refractivity contribution >= 4 is 17.6 Å². The van der Waals surface area contributed by atoms with Gasteiger partial charge in [0.05, 0.1) is 11.4 Å². The lowest BCUT2D eigenvalue weighted by Crippen LogP contribution is -2.06. The second-order valence-electron chi connectivity index (χ2n) is 2.99. The van der Waals surface area contributed by atoms with Crippen LogP contribution in [-0.4, -0.2) is 16.1 Å². The van der Waals surface area contributed by atoms with E-state index in [1.54, 1.807) is 6.92 Å². The summed E-state index contributed by atoms with van der Waals surface area (Å²) in [6.45, 7) is 1.58. The average Bonchev–Trinajstić information content (AvgIpc) is 2.11. The average molecular weight is 236 g/mol. The van der Waals surface area contributed by atoms with Crippen LogP contribution in [0, 0.1) is 6.92 Å². The predicted octanol–water partition coefficient (Wildman–Crippen LogP) is 2.61. The molecule has 3 nitrogen and oxygen atoms in total. The maximum Gasteiger partial charge on any atom is 0.307 e. The molecule has 0 saturated heterocycles. The van der Waals surface area contributed by atoms with Gasteiger partial charge in [0.25, 0.3) is 6.43 Å². The molecule has 0 unspecified atom stereocenters. The molecule has 0 aliphatic carbocycles. The van der Waals surface area contributed by atoms with E-state index < -0.39 is 18.1 Å². The van der Waals surface area contributed by atoms with Gasteiger partial charge < -0.3 is 5.11 Å². The Morgan fingerprint density at radius 3 is 2.73 bits per heavy atom. The summed E-state index contributed by atoms with van der Waals surface area (Å²) >= 11 is 5.65. The van der Waals surface area contributed by atoms with Gasteiger partial charge in [-0.1, -0.05) is 11.6 Å². The van der Waals surface area contributed by atoms with Crippen molar-refractivity contribution in [3.05, 3.63) is 28.0 Å². The van der Waals surface area contributed by atoms with Crippen LogP contribution in [-0.2, 0) is 11.2 Å². The van der Waals surface area contributed by atoms with Crippen molar-refractivity contribution < 1.29 is 18.7 Å². The van der Waals surface area contributed by atoms with Gasteiger partial charge in [-0.2, -0.15) is 0 Å². The van der Waals surface area contributed by atoms with Crippen LogP contribution in [0.5, 0.6) is 0 Å². The quantitative estimate of drug-likeness (QED) is 0.876. The predicted molar refractivity (Wildman–Crippen MR) is 50.3 cm³/mol. The normalized spacial score (nSPS) is 10.7. The fraction of sp³-hybridized carbons (Fsp3) is 0.333. The van der Waals surface area contributed by atoms with Crippen molar-refractivity contribution in [3.8, 4) is 0 Å². The summed E-state index contributed by atoms with van der Waals surface area (Å²) in [7, 11) is 0. The summed E-state index contributed by atoms with van der Waals surface area (Å²) in [4.78, 5) is 14.0. The van der Waals surface area contributed by atoms with Crippen molar-refractivity contribution in [2.75, 3.05) is 0 Å². The molecule has 0 bridgehead atoms. The first-order chi connectivity index (χ1) is 6.93. The van der Waals surface area contributed by atoms with Gasteiger partial charge in [-0.15, -0.1) is 0 Å². The van der Waals surface area contributed by atoms with E-state index in [1.165, 1.54) is 6.20 Å². The number of rotatable bonds is 3. The third-order valence-electron chi connectivity index (χ3n) is 1.90. The van der Waals surface area contributed by atoms with Crippen LogP contribution in [0.3, 0.4) is 0 Å². The number of aryl methyl sites for hydroxylation is 1. The zero-order chi connectivity index (χ0) is 11.6. The highest BCUT2D eigenvalue weighted by atomic mass is 35.5. The van der Waals surface area contributed by atoms with Crippen molar-refractivity contribution in [3.63, 3.8) is 0 Å². The summed E-state index contributed by atoms with van der Waals surface area (Å²) in [5, 5.41) is 8.32. The molecule has 82 valence electrons. The largest absolute Gasteiger partial charge is 0.481 e. The molecule has 6 heteroatoms. The van der Waals surface area contributed by atoms with Crippen LogP contribution in [0.1, 0.15) is 23.2 Å². The van der Waals surface area contributed by atoms with E-state index in [9.17, 15) is 13.6 Å². The van der Waals surface area contributed by atoms with Gasteiger partial charge in [0.2, 0.25) is 0 Å². The topological polar surface area (TPSA) is 50.2 Å². The number of carboxylic acids is 1. The molecule has 0 spiro atoms. The Hall–Kier alpha value is -1.23. The van der Waals surface area contributed by atoms with Crippen LogP contribution in [0.25, 0.3) is 0 Å². The number of aromatic nitrogens is 1. The molecule has 0 radical (unpaired) electrons. The Morgan fingerprint density at radius 2 is 2.27 bits per heavy atom. The molecule has 0 aliphatic heterocycles. The zero-order valence-corrected chi connectivity index (χ0v) is 8.55. The van der Waals surface area contributed by atoms with E-state index in [1.807, 2.05) is 0 Å². The van der Waals surface area contributed by atoms with Crippen LogP contribution in [0.4, 0.5) is 8.78 Å². The molecule has 0 atom stereocenters. The minimum atomic E-state index is -2.80. The number of aliphatic carboxylic acids is 1. The van der Waals surface area contributed by atoms with Crippen molar-refractivity contribution in [2.24, 2.45) is 0 Å². The molecule has 1 N–H and O–H groups in total. The first kappa shape index (κ1) is 11.8.